The third-order valence-corrected chi connectivity index (χ3v) is 5.40. The molecule has 7 nitrogen and oxygen atoms in total. The van der Waals surface area contributed by atoms with Crippen LogP contribution in [0.3, 0.4) is 0 Å². The van der Waals surface area contributed by atoms with Crippen LogP contribution in [-0.2, 0) is 0 Å². The van der Waals surface area contributed by atoms with Gasteiger partial charge in [0, 0.05) is 43.1 Å². The van der Waals surface area contributed by atoms with Gasteiger partial charge in [0.25, 0.3) is 0 Å². The second kappa shape index (κ2) is 7.25. The SMILES string of the molecule is Cc1cccc(-c2n[nH]cc2-c2ccc3ncc(N4CCNC[C@H]4C)cc3n2)n1. The lowest BCUT2D eigenvalue weighted by Crippen LogP contribution is -2.49. The molecule has 1 aliphatic rings. The van der Waals surface area contributed by atoms with Crippen LogP contribution in [0, 0.1) is 6.92 Å². The summed E-state index contributed by atoms with van der Waals surface area (Å²) in [4.78, 5) is 16.6. The number of H-pyrrole nitrogens is 1. The van der Waals surface area contributed by atoms with Crippen LogP contribution in [0.15, 0.2) is 48.8 Å². The molecule has 1 aliphatic heterocycles. The van der Waals surface area contributed by atoms with E-state index in [4.69, 9.17) is 4.98 Å². The van der Waals surface area contributed by atoms with Crippen LogP contribution < -0.4 is 10.2 Å². The lowest BCUT2D eigenvalue weighted by molar-refractivity contribution is 0.500. The highest BCUT2D eigenvalue weighted by molar-refractivity contribution is 5.84. The molecule has 146 valence electrons. The molecule has 0 bridgehead atoms. The maximum atomic E-state index is 4.91. The number of hydrogen-bond acceptors (Lipinski definition) is 6. The average molecular weight is 385 g/mol. The van der Waals surface area contributed by atoms with Crippen molar-refractivity contribution in [3.8, 4) is 22.6 Å². The number of pyridine rings is 3. The molecule has 2 N–H and O–H groups in total. The van der Waals surface area contributed by atoms with Crippen molar-refractivity contribution >= 4 is 16.7 Å². The summed E-state index contributed by atoms with van der Waals surface area (Å²) in [7, 11) is 0. The first-order valence-electron chi connectivity index (χ1n) is 9.91. The number of hydrogen-bond donors (Lipinski definition) is 2. The average Bonchev–Trinajstić information content (AvgIpc) is 3.23. The number of aryl methyl sites for hydroxylation is 1. The van der Waals surface area contributed by atoms with Crippen LogP contribution in [0.5, 0.6) is 0 Å². The summed E-state index contributed by atoms with van der Waals surface area (Å²) >= 11 is 0. The van der Waals surface area contributed by atoms with Crippen molar-refractivity contribution in [1.82, 2.24) is 30.5 Å². The molecule has 0 aromatic carbocycles. The molecule has 7 heteroatoms. The van der Waals surface area contributed by atoms with Crippen LogP contribution in [-0.4, -0.2) is 50.8 Å². The maximum Gasteiger partial charge on any atom is 0.120 e. The zero-order valence-corrected chi connectivity index (χ0v) is 16.6. The summed E-state index contributed by atoms with van der Waals surface area (Å²) in [5, 5.41) is 10.8. The van der Waals surface area contributed by atoms with Gasteiger partial charge in [-0.1, -0.05) is 6.07 Å². The van der Waals surface area contributed by atoms with Crippen molar-refractivity contribution in [3.05, 3.63) is 54.5 Å². The van der Waals surface area contributed by atoms with Gasteiger partial charge in [0.05, 0.1) is 34.3 Å². The normalized spacial score (nSPS) is 17.0. The van der Waals surface area contributed by atoms with Gasteiger partial charge in [0.2, 0.25) is 0 Å². The summed E-state index contributed by atoms with van der Waals surface area (Å²) in [6.07, 6.45) is 3.83. The number of rotatable bonds is 3. The van der Waals surface area contributed by atoms with Gasteiger partial charge >= 0.3 is 0 Å². The minimum absolute atomic E-state index is 0.430. The lowest BCUT2D eigenvalue weighted by atomic mass is 10.1. The number of fused-ring (bicyclic) bond motifs is 1. The molecule has 1 saturated heterocycles. The molecule has 4 aromatic heterocycles. The largest absolute Gasteiger partial charge is 0.365 e. The van der Waals surface area contributed by atoms with E-state index in [1.165, 1.54) is 0 Å². The summed E-state index contributed by atoms with van der Waals surface area (Å²) < 4.78 is 0. The molecule has 0 amide bonds. The van der Waals surface area contributed by atoms with E-state index in [-0.39, 0.29) is 0 Å². The Morgan fingerprint density at radius 3 is 2.86 bits per heavy atom. The Balaban J connectivity index is 1.56. The van der Waals surface area contributed by atoms with Crippen molar-refractivity contribution in [2.75, 3.05) is 24.5 Å². The number of piperazine rings is 1. The molecule has 29 heavy (non-hydrogen) atoms. The number of anilines is 1. The number of aromatic nitrogens is 5. The summed E-state index contributed by atoms with van der Waals surface area (Å²) in [6.45, 7) is 7.14. The minimum Gasteiger partial charge on any atom is -0.365 e. The first kappa shape index (κ1) is 17.8. The van der Waals surface area contributed by atoms with Gasteiger partial charge in [-0.2, -0.15) is 5.10 Å². The number of aromatic amines is 1. The van der Waals surface area contributed by atoms with Crippen molar-refractivity contribution in [1.29, 1.82) is 0 Å². The highest BCUT2D eigenvalue weighted by Gasteiger charge is 2.19. The van der Waals surface area contributed by atoms with Crippen molar-refractivity contribution in [3.63, 3.8) is 0 Å². The first-order chi connectivity index (χ1) is 14.2. The quantitative estimate of drug-likeness (QED) is 0.564. The highest BCUT2D eigenvalue weighted by atomic mass is 15.2. The monoisotopic (exact) mass is 385 g/mol. The molecule has 0 spiro atoms. The molecule has 0 radical (unpaired) electrons. The molecular formula is C22H23N7. The maximum absolute atomic E-state index is 4.91. The smallest absolute Gasteiger partial charge is 0.120 e. The fraction of sp³-hybridized carbons (Fsp3) is 0.273. The number of nitrogens with zero attached hydrogens (tertiary/aromatic N) is 5. The van der Waals surface area contributed by atoms with Gasteiger partial charge in [-0.05, 0) is 44.2 Å². The van der Waals surface area contributed by atoms with Crippen molar-refractivity contribution in [2.45, 2.75) is 19.9 Å². The van der Waals surface area contributed by atoms with E-state index in [1.54, 1.807) is 0 Å². The third kappa shape index (κ3) is 3.34. The molecule has 1 fully saturated rings. The summed E-state index contributed by atoms with van der Waals surface area (Å²) in [6, 6.07) is 12.5. The van der Waals surface area contributed by atoms with E-state index in [0.29, 0.717) is 6.04 Å². The Labute approximate surface area is 169 Å². The van der Waals surface area contributed by atoms with E-state index in [0.717, 1.165) is 64.7 Å². The molecule has 5 rings (SSSR count). The predicted octanol–water partition coefficient (Wildman–Crippen LogP) is 3.19. The van der Waals surface area contributed by atoms with Gasteiger partial charge in [0.1, 0.15) is 5.69 Å². The van der Waals surface area contributed by atoms with E-state index in [1.807, 2.05) is 49.6 Å². The molecular weight excluding hydrogens is 362 g/mol. The van der Waals surface area contributed by atoms with E-state index >= 15 is 0 Å². The van der Waals surface area contributed by atoms with E-state index < -0.39 is 0 Å². The fourth-order valence-electron chi connectivity index (χ4n) is 3.88. The van der Waals surface area contributed by atoms with Gasteiger partial charge in [-0.25, -0.2) is 4.98 Å². The third-order valence-electron chi connectivity index (χ3n) is 5.40. The Morgan fingerprint density at radius 1 is 1.07 bits per heavy atom. The zero-order valence-electron chi connectivity index (χ0n) is 16.6. The second-order valence-corrected chi connectivity index (χ2v) is 7.49. The Morgan fingerprint density at radius 2 is 2.00 bits per heavy atom. The van der Waals surface area contributed by atoms with Crippen molar-refractivity contribution < 1.29 is 0 Å². The Bertz CT molecular complexity index is 1170. The number of nitrogens with one attached hydrogen (secondary N) is 2. The topological polar surface area (TPSA) is 82.6 Å². The van der Waals surface area contributed by atoms with Crippen molar-refractivity contribution in [2.24, 2.45) is 0 Å². The van der Waals surface area contributed by atoms with Crippen LogP contribution in [0.25, 0.3) is 33.7 Å². The van der Waals surface area contributed by atoms with Gasteiger partial charge in [-0.15, -0.1) is 0 Å². The predicted molar refractivity (Wildman–Crippen MR) is 115 cm³/mol. The lowest BCUT2D eigenvalue weighted by Gasteiger charge is -2.35. The molecule has 1 atom stereocenters. The van der Waals surface area contributed by atoms with Crippen LogP contribution in [0.4, 0.5) is 5.69 Å². The molecule has 4 aromatic rings. The van der Waals surface area contributed by atoms with Gasteiger partial charge < -0.3 is 10.2 Å². The van der Waals surface area contributed by atoms with Crippen LogP contribution in [0.1, 0.15) is 12.6 Å². The summed E-state index contributed by atoms with van der Waals surface area (Å²) in [5.41, 5.74) is 7.28. The fourth-order valence-corrected chi connectivity index (χ4v) is 3.88. The van der Waals surface area contributed by atoms with Crippen LogP contribution >= 0.6 is 0 Å². The second-order valence-electron chi connectivity index (χ2n) is 7.49. The van der Waals surface area contributed by atoms with Crippen LogP contribution in [0.2, 0.25) is 0 Å². The zero-order chi connectivity index (χ0) is 19.8. The molecule has 0 unspecified atom stereocenters. The standard InChI is InChI=1S/C22H23N7/c1-14-4-3-5-20(26-14)22-17(13-25-28-22)18-6-7-19-21(27-18)10-16(12-24-19)29-9-8-23-11-15(29)2/h3-7,10,12-13,15,23H,8-9,11H2,1-2H3,(H,25,28)/t15-/m1/s1. The molecule has 0 aliphatic carbocycles. The first-order valence-corrected chi connectivity index (χ1v) is 9.91. The Kier molecular flexibility index (Phi) is 4.44. The molecule has 5 heterocycles. The van der Waals surface area contributed by atoms with Gasteiger partial charge in [-0.3, -0.25) is 15.1 Å². The van der Waals surface area contributed by atoms with Gasteiger partial charge in [0.15, 0.2) is 0 Å². The van der Waals surface area contributed by atoms with E-state index in [2.05, 4.69) is 43.4 Å². The minimum atomic E-state index is 0.430. The molecule has 0 saturated carbocycles. The highest BCUT2D eigenvalue weighted by Crippen LogP contribution is 2.30. The van der Waals surface area contributed by atoms with E-state index in [9.17, 15) is 0 Å². The summed E-state index contributed by atoms with van der Waals surface area (Å²) in [5.74, 6) is 0. The Hall–Kier alpha value is -3.32.